The summed E-state index contributed by atoms with van der Waals surface area (Å²) >= 11 is 6.07. The minimum absolute atomic E-state index is 0.0105. The van der Waals surface area contributed by atoms with Crippen molar-refractivity contribution in [2.45, 2.75) is 25.6 Å². The maximum absolute atomic E-state index is 9.95. The van der Waals surface area contributed by atoms with Crippen molar-refractivity contribution in [3.05, 3.63) is 22.2 Å². The van der Waals surface area contributed by atoms with E-state index in [1.54, 1.807) is 6.07 Å². The lowest BCUT2D eigenvalue weighted by Crippen LogP contribution is -2.12. The Morgan fingerprint density at radius 3 is 3.00 bits per heavy atom. The van der Waals surface area contributed by atoms with E-state index < -0.39 is 6.10 Å². The molecule has 4 nitrogen and oxygen atoms in total. The summed E-state index contributed by atoms with van der Waals surface area (Å²) in [6.45, 7) is 1.92. The van der Waals surface area contributed by atoms with Crippen LogP contribution in [0.5, 0.6) is 11.5 Å². The third-order valence-corrected chi connectivity index (χ3v) is 3.06. The molecule has 1 aromatic carbocycles. The average molecular weight is 244 g/mol. The number of benzene rings is 1. The molecule has 0 spiro atoms. The highest BCUT2D eigenvalue weighted by atomic mass is 35.5. The number of phenols is 1. The van der Waals surface area contributed by atoms with Crippen LogP contribution in [0.25, 0.3) is 0 Å². The van der Waals surface area contributed by atoms with Crippen LogP contribution < -0.4 is 10.5 Å². The molecule has 1 aliphatic rings. The van der Waals surface area contributed by atoms with Crippen LogP contribution in [-0.4, -0.2) is 22.9 Å². The zero-order chi connectivity index (χ0) is 11.9. The Morgan fingerprint density at radius 2 is 2.38 bits per heavy atom. The fraction of sp³-hybridized carbons (Fsp3) is 0.455. The number of rotatable bonds is 2. The monoisotopic (exact) mass is 243 g/mol. The predicted octanol–water partition coefficient (Wildman–Crippen LogP) is 1.36. The first kappa shape index (κ1) is 11.5. The quantitative estimate of drug-likeness (QED) is 0.733. The number of halogens is 1. The lowest BCUT2D eigenvalue weighted by molar-refractivity contribution is 0.180. The van der Waals surface area contributed by atoms with Crippen molar-refractivity contribution in [3.63, 3.8) is 0 Å². The van der Waals surface area contributed by atoms with Gasteiger partial charge in [-0.3, -0.25) is 0 Å². The number of nitrogens with two attached hydrogens (primary N) is 1. The van der Waals surface area contributed by atoms with E-state index in [2.05, 4.69) is 0 Å². The van der Waals surface area contributed by atoms with E-state index in [0.29, 0.717) is 22.8 Å². The molecule has 1 aliphatic heterocycles. The Bertz CT molecular complexity index is 422. The summed E-state index contributed by atoms with van der Waals surface area (Å²) in [6.07, 6.45) is -0.272. The molecule has 1 aromatic rings. The van der Waals surface area contributed by atoms with Gasteiger partial charge >= 0.3 is 0 Å². The van der Waals surface area contributed by atoms with E-state index in [9.17, 15) is 10.2 Å². The van der Waals surface area contributed by atoms with Gasteiger partial charge in [-0.1, -0.05) is 11.6 Å². The van der Waals surface area contributed by atoms with E-state index in [4.69, 9.17) is 22.1 Å². The van der Waals surface area contributed by atoms with Crippen molar-refractivity contribution in [2.75, 3.05) is 6.54 Å². The third-order valence-electron chi connectivity index (χ3n) is 2.73. The van der Waals surface area contributed by atoms with Crippen LogP contribution in [0, 0.1) is 0 Å². The van der Waals surface area contributed by atoms with Gasteiger partial charge in [0, 0.05) is 29.1 Å². The second kappa shape index (κ2) is 4.13. The highest BCUT2D eigenvalue weighted by Crippen LogP contribution is 2.45. The van der Waals surface area contributed by atoms with Crippen LogP contribution >= 0.6 is 11.6 Å². The van der Waals surface area contributed by atoms with Crippen LogP contribution in [0.1, 0.15) is 24.2 Å². The smallest absolute Gasteiger partial charge is 0.166 e. The molecule has 5 heteroatoms. The maximum atomic E-state index is 9.95. The van der Waals surface area contributed by atoms with E-state index in [1.165, 1.54) is 0 Å². The molecule has 2 atom stereocenters. The van der Waals surface area contributed by atoms with E-state index in [1.807, 2.05) is 6.92 Å². The van der Waals surface area contributed by atoms with Gasteiger partial charge < -0.3 is 20.7 Å². The minimum atomic E-state index is -0.928. The number of aromatic hydroxyl groups is 1. The number of hydrogen-bond donors (Lipinski definition) is 3. The highest BCUT2D eigenvalue weighted by Gasteiger charge is 2.28. The Morgan fingerprint density at radius 1 is 1.69 bits per heavy atom. The fourth-order valence-corrected chi connectivity index (χ4v) is 2.18. The van der Waals surface area contributed by atoms with E-state index in [0.717, 1.165) is 5.56 Å². The van der Waals surface area contributed by atoms with Gasteiger partial charge in [-0.25, -0.2) is 0 Å². The number of phenolic OH excluding ortho intramolecular Hbond substituents is 1. The van der Waals surface area contributed by atoms with Gasteiger partial charge in [-0.05, 0) is 13.0 Å². The Kier molecular flexibility index (Phi) is 2.97. The van der Waals surface area contributed by atoms with Gasteiger partial charge in [0.1, 0.15) is 6.10 Å². The molecule has 0 aromatic heterocycles. The lowest BCUT2D eigenvalue weighted by Gasteiger charge is -2.14. The first-order valence-electron chi connectivity index (χ1n) is 5.13. The maximum Gasteiger partial charge on any atom is 0.166 e. The van der Waals surface area contributed by atoms with Crippen molar-refractivity contribution in [1.29, 1.82) is 0 Å². The molecule has 0 amide bonds. The molecule has 0 bridgehead atoms. The van der Waals surface area contributed by atoms with Crippen LogP contribution in [0.15, 0.2) is 6.07 Å². The van der Waals surface area contributed by atoms with E-state index in [-0.39, 0.29) is 18.4 Å². The van der Waals surface area contributed by atoms with Crippen molar-refractivity contribution >= 4 is 11.6 Å². The lowest BCUT2D eigenvalue weighted by atomic mass is 10.0. The SMILES string of the molecule is CC1Cc2c(Cl)cc(C(O)CN)c(O)c2O1. The zero-order valence-corrected chi connectivity index (χ0v) is 9.66. The summed E-state index contributed by atoms with van der Waals surface area (Å²) in [5.41, 5.74) is 6.46. The van der Waals surface area contributed by atoms with Gasteiger partial charge in [-0.2, -0.15) is 0 Å². The molecule has 0 radical (unpaired) electrons. The molecule has 88 valence electrons. The summed E-state index contributed by atoms with van der Waals surface area (Å²) in [5, 5.41) is 20.1. The third kappa shape index (κ3) is 1.73. The first-order valence-corrected chi connectivity index (χ1v) is 5.51. The van der Waals surface area contributed by atoms with Gasteiger partial charge in [-0.15, -0.1) is 0 Å². The Hall–Kier alpha value is -0.970. The van der Waals surface area contributed by atoms with Gasteiger partial charge in [0.15, 0.2) is 11.5 Å². The topological polar surface area (TPSA) is 75.7 Å². The number of aliphatic hydroxyl groups is 1. The standard InChI is InChI=1S/C11H14ClNO3/c1-5-2-6-8(12)3-7(9(14)4-13)10(15)11(6)16-5/h3,5,9,14-15H,2,4,13H2,1H3. The first-order chi connectivity index (χ1) is 7.54. The Labute approximate surface area is 98.6 Å². The van der Waals surface area contributed by atoms with Crippen LogP contribution in [0.4, 0.5) is 0 Å². The molecule has 0 saturated heterocycles. The van der Waals surface area contributed by atoms with Crippen LogP contribution in [0.2, 0.25) is 5.02 Å². The second-order valence-electron chi connectivity index (χ2n) is 3.99. The summed E-state index contributed by atoms with van der Waals surface area (Å²) in [7, 11) is 0. The molecular weight excluding hydrogens is 230 g/mol. The summed E-state index contributed by atoms with van der Waals surface area (Å²) in [5.74, 6) is 0.323. The molecule has 16 heavy (non-hydrogen) atoms. The molecule has 0 saturated carbocycles. The highest BCUT2D eigenvalue weighted by molar-refractivity contribution is 6.31. The van der Waals surface area contributed by atoms with Crippen molar-refractivity contribution in [3.8, 4) is 11.5 Å². The fourth-order valence-electron chi connectivity index (χ4n) is 1.90. The minimum Gasteiger partial charge on any atom is -0.504 e. The summed E-state index contributed by atoms with van der Waals surface area (Å²) < 4.78 is 5.47. The molecule has 0 fully saturated rings. The van der Waals surface area contributed by atoms with Crippen LogP contribution in [0.3, 0.4) is 0 Å². The van der Waals surface area contributed by atoms with E-state index >= 15 is 0 Å². The molecular formula is C11H14ClNO3. The average Bonchev–Trinajstić information content (AvgIpc) is 2.65. The molecule has 0 aliphatic carbocycles. The number of fused-ring (bicyclic) bond motifs is 1. The molecule has 2 rings (SSSR count). The summed E-state index contributed by atoms with van der Waals surface area (Å²) in [6, 6.07) is 1.55. The molecule has 1 heterocycles. The Balaban J connectivity index is 2.53. The van der Waals surface area contributed by atoms with Crippen molar-refractivity contribution in [2.24, 2.45) is 5.73 Å². The van der Waals surface area contributed by atoms with Gasteiger partial charge in [0.25, 0.3) is 0 Å². The molecule has 4 N–H and O–H groups in total. The van der Waals surface area contributed by atoms with Crippen molar-refractivity contribution in [1.82, 2.24) is 0 Å². The van der Waals surface area contributed by atoms with Crippen LogP contribution in [-0.2, 0) is 6.42 Å². The second-order valence-corrected chi connectivity index (χ2v) is 4.40. The zero-order valence-electron chi connectivity index (χ0n) is 8.90. The number of aliphatic hydroxyl groups excluding tert-OH is 1. The number of hydrogen-bond acceptors (Lipinski definition) is 4. The molecule has 2 unspecified atom stereocenters. The van der Waals surface area contributed by atoms with Gasteiger partial charge in [0.05, 0.1) is 6.10 Å². The normalized spacial score (nSPS) is 20.4. The predicted molar refractivity (Wildman–Crippen MR) is 60.9 cm³/mol. The summed E-state index contributed by atoms with van der Waals surface area (Å²) in [4.78, 5) is 0. The van der Waals surface area contributed by atoms with Crippen molar-refractivity contribution < 1.29 is 14.9 Å². The largest absolute Gasteiger partial charge is 0.504 e. The van der Waals surface area contributed by atoms with Gasteiger partial charge in [0.2, 0.25) is 0 Å². The number of ether oxygens (including phenoxy) is 1.